The molecule has 12 heteroatoms. The molecule has 0 saturated heterocycles. The van der Waals surface area contributed by atoms with Gasteiger partial charge in [0.1, 0.15) is 41.1 Å². The molecule has 1 unspecified atom stereocenters. The number of guanidine groups is 1. The number of nitrogens with one attached hydrogen (secondary N) is 2. The second kappa shape index (κ2) is 9.40. The van der Waals surface area contributed by atoms with E-state index in [-0.39, 0.29) is 29.6 Å². The third-order valence-corrected chi connectivity index (χ3v) is 5.27. The lowest BCUT2D eigenvalue weighted by molar-refractivity contribution is 0.284. The van der Waals surface area contributed by atoms with Gasteiger partial charge < -0.3 is 26.3 Å². The van der Waals surface area contributed by atoms with Crippen molar-refractivity contribution in [3.63, 3.8) is 0 Å². The maximum absolute atomic E-state index is 9.47. The van der Waals surface area contributed by atoms with Crippen LogP contribution in [0.25, 0.3) is 0 Å². The number of benzene rings is 1. The number of hydrogen-bond donors (Lipinski definition) is 4. The predicted molar refractivity (Wildman–Crippen MR) is 126 cm³/mol. The van der Waals surface area contributed by atoms with Gasteiger partial charge in [0.2, 0.25) is 5.96 Å². The Bertz CT molecular complexity index is 1360. The minimum atomic E-state index is -0.698. The van der Waals surface area contributed by atoms with Gasteiger partial charge in [-0.15, -0.1) is 0 Å². The number of aliphatic imine (C=N–C) groups is 1. The number of nitrogens with two attached hydrogens (primary N) is 2. The summed E-state index contributed by atoms with van der Waals surface area (Å²) in [5.74, 6) is 1.37. The first-order valence-electron chi connectivity index (χ1n) is 9.85. The molecule has 34 heavy (non-hydrogen) atoms. The SMILES string of the molecule is COc1cc(C2N=C(NC#N)Nc3nc(N)c(C#N)c(N)c32)ccc1OCc1ccc(Cl)nc1. The molecule has 1 aliphatic rings. The average Bonchev–Trinajstić information content (AvgIpc) is 2.83. The van der Waals surface area contributed by atoms with Gasteiger partial charge in [-0.25, -0.2) is 15.0 Å². The molecule has 3 aromatic rings. The zero-order valence-electron chi connectivity index (χ0n) is 17.8. The Hall–Kier alpha value is -4.74. The Morgan fingerprint density at radius 3 is 2.71 bits per heavy atom. The smallest absolute Gasteiger partial charge is 0.211 e. The molecule has 0 bridgehead atoms. The van der Waals surface area contributed by atoms with E-state index in [1.807, 2.05) is 18.3 Å². The van der Waals surface area contributed by atoms with Crippen molar-refractivity contribution in [1.82, 2.24) is 15.3 Å². The molecule has 0 radical (unpaired) electrons. The molecular weight excluding hydrogens is 458 g/mol. The molecule has 0 amide bonds. The van der Waals surface area contributed by atoms with E-state index >= 15 is 0 Å². The van der Waals surface area contributed by atoms with Crippen LogP contribution >= 0.6 is 11.6 Å². The first kappa shape index (κ1) is 22.5. The number of methoxy groups -OCH3 is 1. The van der Waals surface area contributed by atoms with Crippen LogP contribution in [0.4, 0.5) is 17.3 Å². The molecule has 3 heterocycles. The van der Waals surface area contributed by atoms with Crippen molar-refractivity contribution < 1.29 is 9.47 Å². The van der Waals surface area contributed by atoms with Crippen LogP contribution in [-0.4, -0.2) is 23.0 Å². The van der Waals surface area contributed by atoms with E-state index in [0.29, 0.717) is 33.6 Å². The molecule has 1 aromatic carbocycles. The van der Waals surface area contributed by atoms with Gasteiger partial charge in [0.25, 0.3) is 0 Å². The summed E-state index contributed by atoms with van der Waals surface area (Å²) in [6.07, 6.45) is 3.44. The van der Waals surface area contributed by atoms with Gasteiger partial charge in [0.15, 0.2) is 17.7 Å². The van der Waals surface area contributed by atoms with Gasteiger partial charge >= 0.3 is 0 Å². The van der Waals surface area contributed by atoms with E-state index in [1.54, 1.807) is 30.5 Å². The fraction of sp³-hybridized carbons (Fsp3) is 0.136. The van der Waals surface area contributed by atoms with Crippen molar-refractivity contribution >= 4 is 34.9 Å². The topological polar surface area (TPSA) is 180 Å². The van der Waals surface area contributed by atoms with Crippen molar-refractivity contribution in [3.05, 3.63) is 63.9 Å². The van der Waals surface area contributed by atoms with E-state index in [4.69, 9.17) is 37.8 Å². The summed E-state index contributed by atoms with van der Waals surface area (Å²) in [6, 6.07) is 10.0. The van der Waals surface area contributed by atoms with E-state index in [1.165, 1.54) is 7.11 Å². The van der Waals surface area contributed by atoms with Crippen molar-refractivity contribution in [2.45, 2.75) is 12.6 Å². The third-order valence-electron chi connectivity index (χ3n) is 5.04. The Labute approximate surface area is 199 Å². The van der Waals surface area contributed by atoms with Gasteiger partial charge in [-0.3, -0.25) is 5.32 Å². The number of ether oxygens (including phenoxy) is 2. The van der Waals surface area contributed by atoms with E-state index in [0.717, 1.165) is 5.56 Å². The van der Waals surface area contributed by atoms with Gasteiger partial charge in [0.05, 0.1) is 12.8 Å². The zero-order chi connectivity index (χ0) is 24.2. The molecule has 0 fully saturated rings. The Morgan fingerprint density at radius 1 is 1.21 bits per heavy atom. The van der Waals surface area contributed by atoms with Crippen LogP contribution < -0.4 is 31.6 Å². The number of anilines is 3. The van der Waals surface area contributed by atoms with Crippen LogP contribution in [0.3, 0.4) is 0 Å². The quantitative estimate of drug-likeness (QED) is 0.243. The van der Waals surface area contributed by atoms with Crippen LogP contribution in [-0.2, 0) is 6.61 Å². The highest BCUT2D eigenvalue weighted by atomic mass is 35.5. The van der Waals surface area contributed by atoms with Gasteiger partial charge in [-0.2, -0.15) is 10.5 Å². The van der Waals surface area contributed by atoms with Crippen molar-refractivity contribution in [1.29, 1.82) is 10.5 Å². The summed E-state index contributed by atoms with van der Waals surface area (Å²) in [6.45, 7) is 0.256. The molecule has 1 atom stereocenters. The number of pyridine rings is 2. The zero-order valence-corrected chi connectivity index (χ0v) is 18.6. The molecule has 0 saturated carbocycles. The van der Waals surface area contributed by atoms with Crippen molar-refractivity contribution in [3.8, 4) is 23.8 Å². The molecule has 6 N–H and O–H groups in total. The van der Waals surface area contributed by atoms with Crippen LogP contribution in [0.5, 0.6) is 11.5 Å². The molecule has 4 rings (SSSR count). The lowest BCUT2D eigenvalue weighted by atomic mass is 9.95. The molecule has 170 valence electrons. The van der Waals surface area contributed by atoms with Crippen molar-refractivity contribution in [2.24, 2.45) is 4.99 Å². The van der Waals surface area contributed by atoms with Crippen LogP contribution in [0.2, 0.25) is 5.15 Å². The summed E-state index contributed by atoms with van der Waals surface area (Å²) in [5.41, 5.74) is 14.3. The number of nitrogen functional groups attached to an aromatic ring is 2. The summed E-state index contributed by atoms with van der Waals surface area (Å²) >= 11 is 5.83. The minimum Gasteiger partial charge on any atom is -0.493 e. The molecule has 0 aliphatic carbocycles. The monoisotopic (exact) mass is 475 g/mol. The number of hydrogen-bond acceptors (Lipinski definition) is 11. The number of rotatable bonds is 5. The number of nitrogens with zero attached hydrogens (tertiary/aromatic N) is 5. The average molecular weight is 476 g/mol. The molecule has 2 aromatic heterocycles. The first-order chi connectivity index (χ1) is 16.4. The maximum Gasteiger partial charge on any atom is 0.211 e. The van der Waals surface area contributed by atoms with Gasteiger partial charge in [-0.05, 0) is 23.8 Å². The number of aromatic nitrogens is 2. The van der Waals surface area contributed by atoms with Crippen LogP contribution in [0.15, 0.2) is 41.5 Å². The highest BCUT2D eigenvalue weighted by Crippen LogP contribution is 2.42. The third kappa shape index (κ3) is 4.28. The fourth-order valence-electron chi connectivity index (χ4n) is 3.45. The summed E-state index contributed by atoms with van der Waals surface area (Å²) in [7, 11) is 1.52. The molecule has 0 spiro atoms. The molecular formula is C22H18ClN9O2. The predicted octanol–water partition coefficient (Wildman–Crippen LogP) is 2.70. The van der Waals surface area contributed by atoms with Gasteiger partial charge in [0, 0.05) is 17.3 Å². The van der Waals surface area contributed by atoms with Crippen molar-refractivity contribution in [2.75, 3.05) is 23.9 Å². The summed E-state index contributed by atoms with van der Waals surface area (Å²) in [4.78, 5) is 12.8. The highest BCUT2D eigenvalue weighted by molar-refractivity contribution is 6.29. The lowest BCUT2D eigenvalue weighted by Crippen LogP contribution is -2.32. The maximum atomic E-state index is 9.47. The molecule has 1 aliphatic heterocycles. The number of nitriles is 2. The van der Waals surface area contributed by atoms with E-state index < -0.39 is 6.04 Å². The van der Waals surface area contributed by atoms with E-state index in [9.17, 15) is 5.26 Å². The summed E-state index contributed by atoms with van der Waals surface area (Å²) in [5, 5.41) is 24.3. The number of halogens is 1. The van der Waals surface area contributed by atoms with E-state index in [2.05, 4.69) is 25.6 Å². The fourth-order valence-corrected chi connectivity index (χ4v) is 3.56. The normalized spacial score (nSPS) is 14.0. The molecule has 11 nitrogen and oxygen atoms in total. The standard InChI is InChI=1S/C22H18ClN9O2/c1-33-15-6-12(3-4-14(15)34-9-11-2-5-16(23)28-8-11)19-17-18(26)13(7-24)20(27)31-21(17)32-22(30-19)29-10-25/h2-6,8,19H,9H2,1H3,(H6,26,27,29,30,31,32). The minimum absolute atomic E-state index is 0.0266. The second-order valence-corrected chi connectivity index (χ2v) is 7.48. The lowest BCUT2D eigenvalue weighted by Gasteiger charge is -2.26. The highest BCUT2D eigenvalue weighted by Gasteiger charge is 2.30. The number of fused-ring (bicyclic) bond motifs is 1. The van der Waals surface area contributed by atoms with Crippen LogP contribution in [0, 0.1) is 22.8 Å². The second-order valence-electron chi connectivity index (χ2n) is 7.09. The Kier molecular flexibility index (Phi) is 6.21. The Morgan fingerprint density at radius 2 is 2.03 bits per heavy atom. The largest absolute Gasteiger partial charge is 0.493 e. The first-order valence-corrected chi connectivity index (χ1v) is 10.2. The van der Waals surface area contributed by atoms with Gasteiger partial charge in [-0.1, -0.05) is 23.7 Å². The Balaban J connectivity index is 1.72. The van der Waals surface area contributed by atoms with Crippen LogP contribution in [0.1, 0.15) is 28.3 Å². The summed E-state index contributed by atoms with van der Waals surface area (Å²) < 4.78 is 11.4.